The molecule has 0 aromatic heterocycles. The summed E-state index contributed by atoms with van der Waals surface area (Å²) in [4.78, 5) is 22.6. The van der Waals surface area contributed by atoms with E-state index in [0.717, 1.165) is 11.1 Å². The molecule has 7 heteroatoms. The Hall–Kier alpha value is -3.09. The molecular formula is C17H18N2O5. The Kier molecular flexibility index (Phi) is 5.36. The number of nitro groups is 1. The standard InChI is InChI=1S/C17H18N2O5/c1-11-8-15(16(19(21)22)9-12(11)2)18-17(20)10-24-14-6-4-13(23-3)5-7-14/h4-9H,10H2,1-3H3,(H,18,20). The van der Waals surface area contributed by atoms with Gasteiger partial charge >= 0.3 is 0 Å². The summed E-state index contributed by atoms with van der Waals surface area (Å²) in [5.74, 6) is 0.704. The molecule has 0 aliphatic carbocycles. The van der Waals surface area contributed by atoms with Crippen LogP contribution in [0.3, 0.4) is 0 Å². The molecule has 24 heavy (non-hydrogen) atoms. The van der Waals surface area contributed by atoms with Gasteiger partial charge in [0.2, 0.25) is 0 Å². The highest BCUT2D eigenvalue weighted by Crippen LogP contribution is 2.28. The van der Waals surface area contributed by atoms with Gasteiger partial charge < -0.3 is 14.8 Å². The second kappa shape index (κ2) is 7.45. The first kappa shape index (κ1) is 17.3. The minimum atomic E-state index is -0.521. The minimum absolute atomic E-state index is 0.143. The normalized spacial score (nSPS) is 10.1. The van der Waals surface area contributed by atoms with E-state index in [1.807, 2.05) is 6.92 Å². The number of nitro benzene ring substituents is 1. The predicted octanol–water partition coefficient (Wildman–Crippen LogP) is 3.24. The summed E-state index contributed by atoms with van der Waals surface area (Å²) in [6.07, 6.45) is 0. The lowest BCUT2D eigenvalue weighted by atomic mass is 10.1. The third-order valence-corrected chi connectivity index (χ3v) is 3.51. The van der Waals surface area contributed by atoms with Gasteiger partial charge in [-0.3, -0.25) is 14.9 Å². The molecular weight excluding hydrogens is 312 g/mol. The monoisotopic (exact) mass is 330 g/mol. The number of anilines is 1. The zero-order chi connectivity index (χ0) is 17.7. The Balaban J connectivity index is 2.04. The number of ether oxygens (including phenoxy) is 2. The average molecular weight is 330 g/mol. The van der Waals surface area contributed by atoms with Crippen molar-refractivity contribution in [3.05, 3.63) is 57.6 Å². The van der Waals surface area contributed by atoms with Gasteiger partial charge in [-0.15, -0.1) is 0 Å². The Labute approximate surface area is 139 Å². The third-order valence-electron chi connectivity index (χ3n) is 3.51. The summed E-state index contributed by atoms with van der Waals surface area (Å²) >= 11 is 0. The van der Waals surface area contributed by atoms with Crippen molar-refractivity contribution >= 4 is 17.3 Å². The van der Waals surface area contributed by atoms with Crippen molar-refractivity contribution in [1.29, 1.82) is 0 Å². The van der Waals surface area contributed by atoms with E-state index in [-0.39, 0.29) is 18.0 Å². The number of carbonyl (C=O) groups is 1. The zero-order valence-corrected chi connectivity index (χ0v) is 13.7. The van der Waals surface area contributed by atoms with Crippen LogP contribution in [0.5, 0.6) is 11.5 Å². The zero-order valence-electron chi connectivity index (χ0n) is 13.7. The molecule has 0 aliphatic heterocycles. The Morgan fingerprint density at radius 3 is 2.29 bits per heavy atom. The summed E-state index contributed by atoms with van der Waals surface area (Å²) < 4.78 is 10.4. The summed E-state index contributed by atoms with van der Waals surface area (Å²) in [5.41, 5.74) is 1.66. The Bertz CT molecular complexity index is 756. The van der Waals surface area contributed by atoms with Gasteiger partial charge in [-0.25, -0.2) is 0 Å². The highest BCUT2D eigenvalue weighted by Gasteiger charge is 2.17. The highest BCUT2D eigenvalue weighted by molar-refractivity contribution is 5.94. The molecule has 2 aromatic rings. The molecule has 7 nitrogen and oxygen atoms in total. The fourth-order valence-electron chi connectivity index (χ4n) is 2.06. The summed E-state index contributed by atoms with van der Waals surface area (Å²) in [5, 5.41) is 13.6. The van der Waals surface area contributed by atoms with Crippen LogP contribution in [0.1, 0.15) is 11.1 Å². The molecule has 0 saturated carbocycles. The van der Waals surface area contributed by atoms with Crippen LogP contribution in [0.15, 0.2) is 36.4 Å². The molecule has 0 atom stereocenters. The van der Waals surface area contributed by atoms with Gasteiger partial charge in [-0.05, 0) is 55.3 Å². The van der Waals surface area contributed by atoms with Crippen molar-refractivity contribution in [2.24, 2.45) is 0 Å². The lowest BCUT2D eigenvalue weighted by Gasteiger charge is -2.10. The summed E-state index contributed by atoms with van der Waals surface area (Å²) in [7, 11) is 1.56. The van der Waals surface area contributed by atoms with Gasteiger partial charge in [-0.2, -0.15) is 0 Å². The van der Waals surface area contributed by atoms with E-state index in [1.165, 1.54) is 6.07 Å². The summed E-state index contributed by atoms with van der Waals surface area (Å²) in [6.45, 7) is 3.35. The molecule has 1 amide bonds. The van der Waals surface area contributed by atoms with Crippen LogP contribution in [-0.4, -0.2) is 24.5 Å². The van der Waals surface area contributed by atoms with E-state index in [9.17, 15) is 14.9 Å². The van der Waals surface area contributed by atoms with Crippen LogP contribution in [0.4, 0.5) is 11.4 Å². The number of rotatable bonds is 6. The van der Waals surface area contributed by atoms with Crippen molar-refractivity contribution in [2.45, 2.75) is 13.8 Å². The number of amides is 1. The lowest BCUT2D eigenvalue weighted by Crippen LogP contribution is -2.21. The number of hydrogen-bond donors (Lipinski definition) is 1. The molecule has 1 N–H and O–H groups in total. The van der Waals surface area contributed by atoms with Crippen molar-refractivity contribution in [3.63, 3.8) is 0 Å². The maximum atomic E-state index is 12.0. The van der Waals surface area contributed by atoms with Crippen molar-refractivity contribution in [2.75, 3.05) is 19.0 Å². The largest absolute Gasteiger partial charge is 0.497 e. The highest BCUT2D eigenvalue weighted by atomic mass is 16.6. The van der Waals surface area contributed by atoms with Gasteiger partial charge in [0.15, 0.2) is 6.61 Å². The van der Waals surface area contributed by atoms with Crippen molar-refractivity contribution in [1.82, 2.24) is 0 Å². The first-order valence-corrected chi connectivity index (χ1v) is 7.23. The maximum absolute atomic E-state index is 12.0. The number of benzene rings is 2. The number of carbonyl (C=O) groups excluding carboxylic acids is 1. The lowest BCUT2D eigenvalue weighted by molar-refractivity contribution is -0.384. The van der Waals surface area contributed by atoms with E-state index in [4.69, 9.17) is 9.47 Å². The number of nitrogens with one attached hydrogen (secondary N) is 1. The molecule has 2 aromatic carbocycles. The van der Waals surface area contributed by atoms with Crippen molar-refractivity contribution < 1.29 is 19.2 Å². The predicted molar refractivity (Wildman–Crippen MR) is 89.7 cm³/mol. The van der Waals surface area contributed by atoms with E-state index in [2.05, 4.69) is 5.32 Å². The minimum Gasteiger partial charge on any atom is -0.497 e. The Morgan fingerprint density at radius 2 is 1.71 bits per heavy atom. The van der Waals surface area contributed by atoms with Crippen LogP contribution < -0.4 is 14.8 Å². The van der Waals surface area contributed by atoms with Gasteiger partial charge in [-0.1, -0.05) is 0 Å². The molecule has 0 radical (unpaired) electrons. The molecule has 0 bridgehead atoms. The van der Waals surface area contributed by atoms with Gasteiger partial charge in [0, 0.05) is 6.07 Å². The first-order valence-electron chi connectivity index (χ1n) is 7.23. The molecule has 0 unspecified atom stereocenters. The van der Waals surface area contributed by atoms with E-state index < -0.39 is 10.8 Å². The SMILES string of the molecule is COc1ccc(OCC(=O)Nc2cc(C)c(C)cc2[N+](=O)[O-])cc1. The quantitative estimate of drug-likeness (QED) is 0.648. The second-order valence-corrected chi connectivity index (χ2v) is 5.22. The van der Waals surface area contributed by atoms with E-state index >= 15 is 0 Å². The molecule has 0 saturated heterocycles. The van der Waals surface area contributed by atoms with Crippen LogP contribution >= 0.6 is 0 Å². The molecule has 0 aliphatic rings. The number of methoxy groups -OCH3 is 1. The number of nitrogens with zero attached hydrogens (tertiary/aromatic N) is 1. The van der Waals surface area contributed by atoms with E-state index in [1.54, 1.807) is 44.4 Å². The van der Waals surface area contributed by atoms with Crippen LogP contribution in [-0.2, 0) is 4.79 Å². The fourth-order valence-corrected chi connectivity index (χ4v) is 2.06. The topological polar surface area (TPSA) is 90.7 Å². The molecule has 126 valence electrons. The average Bonchev–Trinajstić information content (AvgIpc) is 2.56. The van der Waals surface area contributed by atoms with Crippen LogP contribution in [0.2, 0.25) is 0 Å². The Morgan fingerprint density at radius 1 is 1.12 bits per heavy atom. The first-order chi connectivity index (χ1) is 11.4. The molecule has 0 heterocycles. The van der Waals surface area contributed by atoms with E-state index in [0.29, 0.717) is 11.5 Å². The van der Waals surface area contributed by atoms with Gasteiger partial charge in [0.05, 0.1) is 12.0 Å². The second-order valence-electron chi connectivity index (χ2n) is 5.22. The van der Waals surface area contributed by atoms with Crippen LogP contribution in [0, 0.1) is 24.0 Å². The molecule has 0 fully saturated rings. The third kappa shape index (κ3) is 4.22. The summed E-state index contributed by atoms with van der Waals surface area (Å²) in [6, 6.07) is 9.78. The fraction of sp³-hybridized carbons (Fsp3) is 0.235. The molecule has 0 spiro atoms. The smallest absolute Gasteiger partial charge is 0.293 e. The maximum Gasteiger partial charge on any atom is 0.293 e. The van der Waals surface area contributed by atoms with Gasteiger partial charge in [0.1, 0.15) is 17.2 Å². The molecule has 2 rings (SSSR count). The number of aryl methyl sites for hydroxylation is 2. The van der Waals surface area contributed by atoms with Crippen molar-refractivity contribution in [3.8, 4) is 11.5 Å². The van der Waals surface area contributed by atoms with Gasteiger partial charge in [0.25, 0.3) is 11.6 Å². The number of hydrogen-bond acceptors (Lipinski definition) is 5. The van der Waals surface area contributed by atoms with Crippen LogP contribution in [0.25, 0.3) is 0 Å².